The zero-order valence-electron chi connectivity index (χ0n) is 24.6. The molecular formula is C29H38N2O12. The van der Waals surface area contributed by atoms with Gasteiger partial charge in [0.15, 0.2) is 0 Å². The van der Waals surface area contributed by atoms with Crippen molar-refractivity contribution in [2.24, 2.45) is 0 Å². The van der Waals surface area contributed by atoms with Gasteiger partial charge in [0.05, 0.1) is 24.2 Å². The molecule has 0 bridgehead atoms. The molecule has 0 amide bonds. The summed E-state index contributed by atoms with van der Waals surface area (Å²) >= 11 is 0. The molecule has 0 aliphatic carbocycles. The van der Waals surface area contributed by atoms with Crippen molar-refractivity contribution in [3.63, 3.8) is 0 Å². The van der Waals surface area contributed by atoms with Gasteiger partial charge in [-0.1, -0.05) is 44.4 Å². The molecule has 0 saturated carbocycles. The number of anilines is 2. The maximum Gasteiger partial charge on any atom is 0.143 e. The van der Waals surface area contributed by atoms with Crippen LogP contribution in [-0.2, 0) is 65.7 Å². The average Bonchev–Trinajstić information content (AvgIpc) is 3.86. The first-order chi connectivity index (χ1) is 21.0. The van der Waals surface area contributed by atoms with Crippen LogP contribution in [0.5, 0.6) is 0 Å². The van der Waals surface area contributed by atoms with Crippen molar-refractivity contribution < 1.29 is 59.3 Å². The summed E-state index contributed by atoms with van der Waals surface area (Å²) in [6.45, 7) is 9.57. The van der Waals surface area contributed by atoms with E-state index in [1.165, 1.54) is 11.1 Å². The van der Waals surface area contributed by atoms with Crippen LogP contribution in [0.15, 0.2) is 48.5 Å². The first kappa shape index (κ1) is 30.6. The fourth-order valence-electron chi connectivity index (χ4n) is 5.89. The van der Waals surface area contributed by atoms with Crippen LogP contribution in [0.4, 0.5) is 11.4 Å². The lowest BCUT2D eigenvalue weighted by atomic mass is 10.0. The highest BCUT2D eigenvalue weighted by atomic mass is 17.5. The lowest BCUT2D eigenvalue weighted by molar-refractivity contribution is -0.461. The van der Waals surface area contributed by atoms with Crippen molar-refractivity contribution in [3.8, 4) is 0 Å². The summed E-state index contributed by atoms with van der Waals surface area (Å²) in [4.78, 5) is 45.7. The summed E-state index contributed by atoms with van der Waals surface area (Å²) in [5, 5.41) is 18.8. The fraction of sp³-hybridized carbons (Fsp3) is 0.586. The van der Waals surface area contributed by atoms with Crippen LogP contribution in [0.3, 0.4) is 0 Å². The SMILES string of the molecule is CC(C1COOO1)N(c1ccc(Cc2ccc(N(C(C)C3COOO3)C(C)C3COOO3)cc2)cc1)C(C)C1COOO1. The maximum atomic E-state index is 5.34. The zero-order valence-corrected chi connectivity index (χ0v) is 24.6. The highest BCUT2D eigenvalue weighted by Gasteiger charge is 2.39. The van der Waals surface area contributed by atoms with Gasteiger partial charge in [0.2, 0.25) is 0 Å². The van der Waals surface area contributed by atoms with Crippen LogP contribution in [0.2, 0.25) is 0 Å². The minimum Gasteiger partial charge on any atom is -0.360 e. The molecule has 6 rings (SSSR count). The molecule has 4 aliphatic heterocycles. The van der Waals surface area contributed by atoms with Crippen molar-refractivity contribution in [2.75, 3.05) is 36.2 Å². The van der Waals surface area contributed by atoms with Crippen LogP contribution in [0.25, 0.3) is 0 Å². The van der Waals surface area contributed by atoms with Crippen LogP contribution >= 0.6 is 0 Å². The van der Waals surface area contributed by atoms with Gasteiger partial charge in [-0.05, 0) is 69.5 Å². The molecule has 8 unspecified atom stereocenters. The summed E-state index contributed by atoms with van der Waals surface area (Å²) in [5.41, 5.74) is 4.36. The van der Waals surface area contributed by atoms with Gasteiger partial charge < -0.3 is 9.80 Å². The van der Waals surface area contributed by atoms with Gasteiger partial charge in [-0.3, -0.25) is 0 Å². The topological polar surface area (TPSA) is 117 Å². The lowest BCUT2D eigenvalue weighted by Crippen LogP contribution is -2.52. The highest BCUT2D eigenvalue weighted by molar-refractivity contribution is 5.53. The van der Waals surface area contributed by atoms with E-state index in [4.69, 9.17) is 59.3 Å². The van der Waals surface area contributed by atoms with Crippen LogP contribution in [-0.4, -0.2) is 75.0 Å². The Bertz CT molecular complexity index is 1000. The lowest BCUT2D eigenvalue weighted by Gasteiger charge is -2.39. The Morgan fingerprint density at radius 2 is 0.767 bits per heavy atom. The zero-order chi connectivity index (χ0) is 29.8. The summed E-state index contributed by atoms with van der Waals surface area (Å²) < 4.78 is 0. The van der Waals surface area contributed by atoms with Crippen LogP contribution < -0.4 is 9.80 Å². The molecule has 43 heavy (non-hydrogen) atoms. The Hall–Kier alpha value is -2.44. The fourth-order valence-corrected chi connectivity index (χ4v) is 5.89. The van der Waals surface area contributed by atoms with Gasteiger partial charge in [-0.15, -0.1) is 0 Å². The Morgan fingerprint density at radius 3 is 1.00 bits per heavy atom. The van der Waals surface area contributed by atoms with Gasteiger partial charge in [-0.25, -0.2) is 19.6 Å². The van der Waals surface area contributed by atoms with Gasteiger partial charge in [0.25, 0.3) is 0 Å². The molecule has 4 heterocycles. The summed E-state index contributed by atoms with van der Waals surface area (Å²) in [5.74, 6) is 0. The normalized spacial score (nSPS) is 28.6. The van der Waals surface area contributed by atoms with Gasteiger partial charge in [0.1, 0.15) is 50.8 Å². The second-order valence-electron chi connectivity index (χ2n) is 11.2. The smallest absolute Gasteiger partial charge is 0.143 e. The molecule has 0 aromatic heterocycles. The predicted molar refractivity (Wildman–Crippen MR) is 146 cm³/mol. The molecule has 14 heteroatoms. The second kappa shape index (κ2) is 14.1. The largest absolute Gasteiger partial charge is 0.360 e. The van der Waals surface area contributed by atoms with Crippen molar-refractivity contribution in [1.29, 1.82) is 0 Å². The molecule has 2 aromatic carbocycles. The molecule has 2 aromatic rings. The Morgan fingerprint density at radius 1 is 0.488 bits per heavy atom. The minimum absolute atomic E-state index is 0.0756. The standard InChI is InChI=1S/C29H38N2O12/c1-18(26-14-32-40-36-26)30(19(2)27-15-33-41-37-27)24-9-5-22(6-10-24)13-23-7-11-25(12-8-23)31(20(3)28-16-34-42-38-28)21(4)29-17-35-43-39-29/h5-12,18-21,26-29H,13-17H2,1-4H3. The van der Waals surface area contributed by atoms with E-state index < -0.39 is 0 Å². The summed E-state index contributed by atoms with van der Waals surface area (Å²) in [6, 6.07) is 16.6. The van der Waals surface area contributed by atoms with E-state index in [2.05, 4.69) is 86.0 Å². The monoisotopic (exact) mass is 606 g/mol. The van der Waals surface area contributed by atoms with E-state index in [0.29, 0.717) is 26.4 Å². The quantitative estimate of drug-likeness (QED) is 0.328. The first-order valence-electron chi connectivity index (χ1n) is 14.5. The molecule has 0 N–H and O–H groups in total. The Balaban J connectivity index is 1.16. The number of hydrogen-bond donors (Lipinski definition) is 0. The number of hydrogen-bond acceptors (Lipinski definition) is 14. The van der Waals surface area contributed by atoms with Crippen molar-refractivity contribution in [3.05, 3.63) is 59.7 Å². The van der Waals surface area contributed by atoms with E-state index in [1.54, 1.807) is 0 Å². The summed E-state index contributed by atoms with van der Waals surface area (Å²) in [6.07, 6.45) is -0.314. The van der Waals surface area contributed by atoms with Crippen molar-refractivity contribution >= 4 is 11.4 Å². The van der Waals surface area contributed by atoms with Gasteiger partial charge in [0, 0.05) is 11.4 Å². The molecule has 236 valence electrons. The second-order valence-corrected chi connectivity index (χ2v) is 11.2. The summed E-state index contributed by atoms with van der Waals surface area (Å²) in [7, 11) is 0. The maximum absolute atomic E-state index is 5.34. The van der Waals surface area contributed by atoms with E-state index in [9.17, 15) is 0 Å². The van der Waals surface area contributed by atoms with Crippen LogP contribution in [0, 0.1) is 0 Å². The first-order valence-corrected chi connectivity index (χ1v) is 14.5. The third-order valence-corrected chi connectivity index (χ3v) is 8.56. The van der Waals surface area contributed by atoms with Crippen molar-refractivity contribution in [1.82, 2.24) is 0 Å². The third-order valence-electron chi connectivity index (χ3n) is 8.56. The molecule has 4 aliphatic rings. The average molecular weight is 607 g/mol. The number of rotatable bonds is 12. The minimum atomic E-state index is -0.269. The molecule has 14 nitrogen and oxygen atoms in total. The van der Waals surface area contributed by atoms with E-state index in [-0.39, 0.29) is 48.6 Å². The van der Waals surface area contributed by atoms with Gasteiger partial charge >= 0.3 is 0 Å². The predicted octanol–water partition coefficient (Wildman–Crippen LogP) is 3.49. The van der Waals surface area contributed by atoms with E-state index >= 15 is 0 Å². The van der Waals surface area contributed by atoms with E-state index in [0.717, 1.165) is 17.8 Å². The highest BCUT2D eigenvalue weighted by Crippen LogP contribution is 2.31. The third kappa shape index (κ3) is 6.96. The van der Waals surface area contributed by atoms with E-state index in [1.807, 2.05) is 0 Å². The molecule has 0 spiro atoms. The van der Waals surface area contributed by atoms with Crippen LogP contribution in [0.1, 0.15) is 38.8 Å². The Kier molecular flexibility index (Phi) is 10.0. The number of benzene rings is 2. The molecule has 0 radical (unpaired) electrons. The molecule has 4 fully saturated rings. The molecule has 8 atom stereocenters. The van der Waals surface area contributed by atoms with Gasteiger partial charge in [-0.2, -0.15) is 19.6 Å². The molecular weight excluding hydrogens is 568 g/mol. The Labute approximate surface area is 249 Å². The molecule has 4 saturated heterocycles. The van der Waals surface area contributed by atoms with Crippen molar-refractivity contribution in [2.45, 2.75) is 82.7 Å². The number of nitrogens with zero attached hydrogens (tertiary/aromatic N) is 2.